The maximum Gasteiger partial charge on any atom is 0.328 e. The number of aromatic amines is 1. The molecule has 0 radical (unpaired) electrons. The highest BCUT2D eigenvalue weighted by molar-refractivity contribution is 5.82. The molecule has 3 heterocycles. The van der Waals surface area contributed by atoms with Crippen molar-refractivity contribution in [1.29, 1.82) is 0 Å². The first-order chi connectivity index (χ1) is 13.2. The summed E-state index contributed by atoms with van der Waals surface area (Å²) in [5, 5.41) is 4.42. The van der Waals surface area contributed by atoms with Crippen LogP contribution in [0, 0.1) is 0 Å². The van der Waals surface area contributed by atoms with Gasteiger partial charge in [0.1, 0.15) is 0 Å². The summed E-state index contributed by atoms with van der Waals surface area (Å²) in [5.74, 6) is 0.746. The smallest absolute Gasteiger partial charge is 0.328 e. The number of pyridine rings is 1. The number of H-pyrrole nitrogens is 1. The molecule has 3 aromatic heterocycles. The normalized spacial score (nSPS) is 11.1. The number of aromatic nitrogens is 5. The van der Waals surface area contributed by atoms with Gasteiger partial charge in [0.2, 0.25) is 5.82 Å². The quantitative estimate of drug-likeness (QED) is 0.584. The van der Waals surface area contributed by atoms with E-state index in [1.165, 1.54) is 4.57 Å². The van der Waals surface area contributed by atoms with Gasteiger partial charge < -0.3 is 9.51 Å². The van der Waals surface area contributed by atoms with Gasteiger partial charge in [-0.15, -0.1) is 0 Å². The lowest BCUT2D eigenvalue weighted by Crippen LogP contribution is -2.35. The summed E-state index contributed by atoms with van der Waals surface area (Å²) >= 11 is 0. The van der Waals surface area contributed by atoms with Crippen molar-refractivity contribution in [2.24, 2.45) is 0 Å². The Kier molecular flexibility index (Phi) is 4.37. The van der Waals surface area contributed by atoms with E-state index in [0.29, 0.717) is 34.7 Å². The van der Waals surface area contributed by atoms with E-state index in [2.05, 4.69) is 20.1 Å². The highest BCUT2D eigenvalue weighted by Crippen LogP contribution is 2.23. The third kappa shape index (κ3) is 3.17. The molecule has 0 unspecified atom stereocenters. The second-order valence-corrected chi connectivity index (χ2v) is 6.16. The first-order valence-corrected chi connectivity index (χ1v) is 8.68. The van der Waals surface area contributed by atoms with Crippen LogP contribution in [0.3, 0.4) is 0 Å². The van der Waals surface area contributed by atoms with E-state index in [1.807, 2.05) is 6.92 Å². The molecule has 0 bridgehead atoms. The second-order valence-electron chi connectivity index (χ2n) is 6.16. The highest BCUT2D eigenvalue weighted by Gasteiger charge is 2.13. The highest BCUT2D eigenvalue weighted by atomic mass is 16.5. The van der Waals surface area contributed by atoms with E-state index >= 15 is 0 Å². The fourth-order valence-corrected chi connectivity index (χ4v) is 2.87. The summed E-state index contributed by atoms with van der Waals surface area (Å²) in [4.78, 5) is 35.9. The summed E-state index contributed by atoms with van der Waals surface area (Å²) in [6.07, 6.45) is 4.97. The summed E-state index contributed by atoms with van der Waals surface area (Å²) in [5.41, 5.74) is 1.14. The Hall–Kier alpha value is -3.55. The van der Waals surface area contributed by atoms with Gasteiger partial charge >= 0.3 is 5.69 Å². The van der Waals surface area contributed by atoms with Crippen LogP contribution >= 0.6 is 0 Å². The van der Waals surface area contributed by atoms with Gasteiger partial charge in [0.05, 0.1) is 10.9 Å². The predicted octanol–water partition coefficient (Wildman–Crippen LogP) is 2.60. The number of unbranched alkanes of at least 4 members (excludes halogenated alkanes) is 1. The van der Waals surface area contributed by atoms with Crippen LogP contribution in [0.25, 0.3) is 33.7 Å². The van der Waals surface area contributed by atoms with Gasteiger partial charge in [-0.3, -0.25) is 14.3 Å². The van der Waals surface area contributed by atoms with E-state index in [-0.39, 0.29) is 5.56 Å². The molecule has 0 spiro atoms. The van der Waals surface area contributed by atoms with E-state index in [4.69, 9.17) is 4.52 Å². The molecule has 136 valence electrons. The molecule has 8 heteroatoms. The van der Waals surface area contributed by atoms with E-state index in [0.717, 1.165) is 18.4 Å². The first-order valence-electron chi connectivity index (χ1n) is 8.68. The molecule has 0 fully saturated rings. The molecule has 4 aromatic rings. The Bertz CT molecular complexity index is 1210. The first kappa shape index (κ1) is 16.9. The number of hydrogen-bond donors (Lipinski definition) is 1. The topological polar surface area (TPSA) is 107 Å². The zero-order valence-electron chi connectivity index (χ0n) is 14.7. The molecule has 27 heavy (non-hydrogen) atoms. The third-order valence-corrected chi connectivity index (χ3v) is 4.33. The summed E-state index contributed by atoms with van der Waals surface area (Å²) in [7, 11) is 0. The zero-order chi connectivity index (χ0) is 18.8. The lowest BCUT2D eigenvalue weighted by molar-refractivity contribution is 0.432. The number of benzene rings is 1. The van der Waals surface area contributed by atoms with Gasteiger partial charge in [0.15, 0.2) is 0 Å². The van der Waals surface area contributed by atoms with Gasteiger partial charge in [-0.25, -0.2) is 4.79 Å². The van der Waals surface area contributed by atoms with Crippen LogP contribution in [-0.2, 0) is 6.54 Å². The number of hydrogen-bond acceptors (Lipinski definition) is 6. The average Bonchev–Trinajstić information content (AvgIpc) is 3.18. The minimum Gasteiger partial charge on any atom is -0.334 e. The van der Waals surface area contributed by atoms with Crippen molar-refractivity contribution < 1.29 is 4.52 Å². The summed E-state index contributed by atoms with van der Waals surface area (Å²) in [6, 6.07) is 8.64. The van der Waals surface area contributed by atoms with Crippen molar-refractivity contribution in [3.05, 3.63) is 63.6 Å². The number of fused-ring (bicyclic) bond motifs is 1. The Morgan fingerprint density at radius 1 is 1.11 bits per heavy atom. The van der Waals surface area contributed by atoms with Gasteiger partial charge in [0, 0.05) is 30.1 Å². The number of nitrogens with one attached hydrogen (secondary N) is 1. The summed E-state index contributed by atoms with van der Waals surface area (Å²) < 4.78 is 6.57. The largest absolute Gasteiger partial charge is 0.334 e. The Morgan fingerprint density at radius 2 is 1.93 bits per heavy atom. The summed E-state index contributed by atoms with van der Waals surface area (Å²) in [6.45, 7) is 2.42. The molecule has 0 aliphatic heterocycles. The molecule has 1 N–H and O–H groups in total. The Morgan fingerprint density at radius 3 is 2.70 bits per heavy atom. The van der Waals surface area contributed by atoms with E-state index < -0.39 is 5.69 Å². The Balaban J connectivity index is 1.75. The monoisotopic (exact) mass is 363 g/mol. The van der Waals surface area contributed by atoms with Crippen LogP contribution in [-0.4, -0.2) is 24.7 Å². The molecule has 0 aliphatic carbocycles. The van der Waals surface area contributed by atoms with Crippen LogP contribution < -0.4 is 11.2 Å². The lowest BCUT2D eigenvalue weighted by Gasteiger charge is -2.06. The molecule has 0 saturated heterocycles. The molecule has 8 nitrogen and oxygen atoms in total. The Labute approximate surface area is 153 Å². The standard InChI is InChI=1S/C19H17N5O3/c1-2-3-10-24-18(25)14-5-4-13(11-15(14)21-19(24)26)17-22-16(23-27-17)12-6-8-20-9-7-12/h4-9,11H,2-3,10H2,1H3,(H,21,26). The molecular formula is C19H17N5O3. The maximum atomic E-state index is 12.6. The van der Waals surface area contributed by atoms with Crippen LogP contribution in [0.4, 0.5) is 0 Å². The fraction of sp³-hybridized carbons (Fsp3) is 0.211. The van der Waals surface area contributed by atoms with E-state index in [1.54, 1.807) is 42.7 Å². The molecule has 0 atom stereocenters. The SMILES string of the molecule is CCCCn1c(=O)[nH]c2cc(-c3nc(-c4ccncc4)no3)ccc2c1=O. The molecule has 1 aromatic carbocycles. The maximum absolute atomic E-state index is 12.6. The van der Waals surface area contributed by atoms with Crippen LogP contribution in [0.2, 0.25) is 0 Å². The van der Waals surface area contributed by atoms with Crippen LogP contribution in [0.1, 0.15) is 19.8 Å². The fourth-order valence-electron chi connectivity index (χ4n) is 2.87. The van der Waals surface area contributed by atoms with E-state index in [9.17, 15) is 9.59 Å². The van der Waals surface area contributed by atoms with Crippen molar-refractivity contribution in [3.63, 3.8) is 0 Å². The van der Waals surface area contributed by atoms with Gasteiger partial charge in [-0.2, -0.15) is 4.98 Å². The molecule has 4 rings (SSSR count). The van der Waals surface area contributed by atoms with Gasteiger partial charge in [-0.05, 0) is 36.8 Å². The van der Waals surface area contributed by atoms with Crippen molar-refractivity contribution in [2.75, 3.05) is 0 Å². The second kappa shape index (κ2) is 6.99. The number of rotatable bonds is 5. The molecule has 0 aliphatic rings. The van der Waals surface area contributed by atoms with Gasteiger partial charge in [-0.1, -0.05) is 18.5 Å². The minimum absolute atomic E-state index is 0.295. The lowest BCUT2D eigenvalue weighted by atomic mass is 10.1. The zero-order valence-corrected chi connectivity index (χ0v) is 14.7. The third-order valence-electron chi connectivity index (χ3n) is 4.33. The van der Waals surface area contributed by atoms with Gasteiger partial charge in [0.25, 0.3) is 11.4 Å². The van der Waals surface area contributed by atoms with Crippen molar-refractivity contribution in [1.82, 2.24) is 24.7 Å². The number of nitrogens with zero attached hydrogens (tertiary/aromatic N) is 4. The van der Waals surface area contributed by atoms with Crippen molar-refractivity contribution in [3.8, 4) is 22.8 Å². The van der Waals surface area contributed by atoms with Crippen molar-refractivity contribution in [2.45, 2.75) is 26.3 Å². The predicted molar refractivity (Wildman–Crippen MR) is 100 cm³/mol. The van der Waals surface area contributed by atoms with Crippen LogP contribution in [0.15, 0.2) is 56.8 Å². The average molecular weight is 363 g/mol. The van der Waals surface area contributed by atoms with Crippen LogP contribution in [0.5, 0.6) is 0 Å². The minimum atomic E-state index is -0.416. The van der Waals surface area contributed by atoms with Crippen molar-refractivity contribution >= 4 is 10.9 Å². The molecule has 0 saturated carbocycles. The molecular weight excluding hydrogens is 346 g/mol. The molecule has 0 amide bonds.